The molecule has 1 nitrogen and oxygen atoms in total. The molecule has 0 aromatic rings. The molecule has 0 aromatic carbocycles. The maximum atomic E-state index is 11.8. The number of Topliss-reactive ketones (excluding diaryl/α,β-unsaturated/α-hetero) is 1. The van der Waals surface area contributed by atoms with Crippen molar-refractivity contribution in [1.82, 2.24) is 0 Å². The van der Waals surface area contributed by atoms with Crippen LogP contribution in [0.3, 0.4) is 0 Å². The molecule has 0 amide bonds. The lowest BCUT2D eigenvalue weighted by atomic mass is 9.66. The van der Waals surface area contributed by atoms with Crippen molar-refractivity contribution in [2.75, 3.05) is 0 Å². The molecule has 1 saturated carbocycles. The molecule has 1 fully saturated rings. The van der Waals surface area contributed by atoms with Gasteiger partial charge in [-0.05, 0) is 18.8 Å². The zero-order valence-corrected chi connectivity index (χ0v) is 8.68. The topological polar surface area (TPSA) is 17.1 Å². The molecule has 12 heavy (non-hydrogen) atoms. The average Bonchev–Trinajstić information content (AvgIpc) is 2.01. The monoisotopic (exact) mass is 168 g/mol. The van der Waals surface area contributed by atoms with Gasteiger partial charge in [0.05, 0.1) is 0 Å². The third-order valence-electron chi connectivity index (χ3n) is 3.45. The van der Waals surface area contributed by atoms with Gasteiger partial charge in [0.2, 0.25) is 0 Å². The summed E-state index contributed by atoms with van der Waals surface area (Å²) in [6.07, 6.45) is 3.47. The summed E-state index contributed by atoms with van der Waals surface area (Å²) in [6, 6.07) is 0. The minimum atomic E-state index is -0.0505. The van der Waals surface area contributed by atoms with Crippen molar-refractivity contribution in [3.05, 3.63) is 0 Å². The van der Waals surface area contributed by atoms with Crippen LogP contribution in [-0.2, 0) is 4.79 Å². The number of carbonyl (C=O) groups excluding carboxylic acids is 1. The van der Waals surface area contributed by atoms with Gasteiger partial charge in [0.25, 0.3) is 0 Å². The fraction of sp³-hybridized carbons (Fsp3) is 0.909. The Kier molecular flexibility index (Phi) is 2.60. The molecular weight excluding hydrogens is 148 g/mol. The number of carbonyl (C=O) groups is 1. The zero-order valence-electron chi connectivity index (χ0n) is 8.68. The van der Waals surface area contributed by atoms with E-state index >= 15 is 0 Å². The first-order valence-electron chi connectivity index (χ1n) is 5.03. The number of rotatable bonds is 1. The summed E-state index contributed by atoms with van der Waals surface area (Å²) in [5, 5.41) is 0. The summed E-state index contributed by atoms with van der Waals surface area (Å²) in [7, 11) is 0. The van der Waals surface area contributed by atoms with Gasteiger partial charge in [-0.2, -0.15) is 0 Å². The second-order valence-electron chi connectivity index (χ2n) is 4.74. The van der Waals surface area contributed by atoms with Crippen LogP contribution in [0.1, 0.15) is 47.0 Å². The van der Waals surface area contributed by atoms with Gasteiger partial charge in [0.1, 0.15) is 5.78 Å². The zero-order chi connectivity index (χ0) is 9.35. The van der Waals surface area contributed by atoms with Crippen LogP contribution in [0.2, 0.25) is 0 Å². The van der Waals surface area contributed by atoms with E-state index in [2.05, 4.69) is 27.7 Å². The Balaban J connectivity index is 2.73. The summed E-state index contributed by atoms with van der Waals surface area (Å²) < 4.78 is 0. The number of hydrogen-bond acceptors (Lipinski definition) is 1. The van der Waals surface area contributed by atoms with Crippen LogP contribution in [0.15, 0.2) is 0 Å². The van der Waals surface area contributed by atoms with E-state index in [4.69, 9.17) is 0 Å². The van der Waals surface area contributed by atoms with Crippen LogP contribution in [-0.4, -0.2) is 5.78 Å². The van der Waals surface area contributed by atoms with Gasteiger partial charge in [-0.15, -0.1) is 0 Å². The minimum Gasteiger partial charge on any atom is -0.299 e. The van der Waals surface area contributed by atoms with E-state index in [1.54, 1.807) is 0 Å². The van der Waals surface area contributed by atoms with E-state index in [-0.39, 0.29) is 5.41 Å². The molecule has 2 atom stereocenters. The molecule has 1 heteroatoms. The molecule has 0 heterocycles. The fourth-order valence-electron chi connectivity index (χ4n) is 2.31. The highest BCUT2D eigenvalue weighted by Gasteiger charge is 2.39. The van der Waals surface area contributed by atoms with Crippen molar-refractivity contribution in [2.45, 2.75) is 47.0 Å². The van der Waals surface area contributed by atoms with Gasteiger partial charge in [-0.1, -0.05) is 34.1 Å². The summed E-state index contributed by atoms with van der Waals surface area (Å²) >= 11 is 0. The van der Waals surface area contributed by atoms with Gasteiger partial charge >= 0.3 is 0 Å². The van der Waals surface area contributed by atoms with Gasteiger partial charge < -0.3 is 0 Å². The summed E-state index contributed by atoms with van der Waals surface area (Å²) in [6.45, 7) is 8.44. The molecule has 1 aliphatic carbocycles. The lowest BCUT2D eigenvalue weighted by molar-refractivity contribution is -0.136. The predicted octanol–water partition coefficient (Wildman–Crippen LogP) is 3.04. The van der Waals surface area contributed by atoms with E-state index in [0.717, 1.165) is 12.8 Å². The van der Waals surface area contributed by atoms with Crippen LogP contribution in [0.25, 0.3) is 0 Å². The van der Waals surface area contributed by atoms with Gasteiger partial charge in [-0.3, -0.25) is 4.79 Å². The quantitative estimate of drug-likeness (QED) is 0.588. The first-order chi connectivity index (χ1) is 5.49. The summed E-state index contributed by atoms with van der Waals surface area (Å²) in [4.78, 5) is 11.8. The van der Waals surface area contributed by atoms with E-state index in [1.807, 2.05) is 0 Å². The molecule has 1 aliphatic rings. The Bertz CT molecular complexity index is 181. The van der Waals surface area contributed by atoms with E-state index < -0.39 is 0 Å². The van der Waals surface area contributed by atoms with E-state index in [0.29, 0.717) is 17.6 Å². The Morgan fingerprint density at radius 3 is 2.58 bits per heavy atom. The highest BCUT2D eigenvalue weighted by atomic mass is 16.1. The minimum absolute atomic E-state index is 0.0505. The van der Waals surface area contributed by atoms with Gasteiger partial charge in [0.15, 0.2) is 0 Å². The molecule has 2 unspecified atom stereocenters. The van der Waals surface area contributed by atoms with Crippen LogP contribution in [0, 0.1) is 17.3 Å². The van der Waals surface area contributed by atoms with Crippen LogP contribution in [0.4, 0.5) is 0 Å². The molecule has 0 saturated heterocycles. The fourth-order valence-corrected chi connectivity index (χ4v) is 2.31. The Hall–Kier alpha value is -0.330. The molecular formula is C11H20O. The maximum absolute atomic E-state index is 11.8. The Morgan fingerprint density at radius 2 is 2.08 bits per heavy atom. The van der Waals surface area contributed by atoms with E-state index in [1.165, 1.54) is 6.42 Å². The van der Waals surface area contributed by atoms with Crippen molar-refractivity contribution in [2.24, 2.45) is 17.3 Å². The summed E-state index contributed by atoms with van der Waals surface area (Å²) in [5.41, 5.74) is -0.0505. The SMILES string of the molecule is CCC1CCC(C)(C)C(=O)C1C. The molecule has 0 spiro atoms. The predicted molar refractivity (Wildman–Crippen MR) is 51.0 cm³/mol. The Morgan fingerprint density at radius 1 is 1.50 bits per heavy atom. The molecule has 0 aromatic heterocycles. The van der Waals surface area contributed by atoms with Crippen molar-refractivity contribution >= 4 is 5.78 Å². The van der Waals surface area contributed by atoms with Crippen molar-refractivity contribution in [3.63, 3.8) is 0 Å². The second-order valence-corrected chi connectivity index (χ2v) is 4.74. The molecule has 0 N–H and O–H groups in total. The molecule has 0 bridgehead atoms. The van der Waals surface area contributed by atoms with Crippen LogP contribution >= 0.6 is 0 Å². The van der Waals surface area contributed by atoms with Gasteiger partial charge in [0, 0.05) is 11.3 Å². The third kappa shape index (κ3) is 1.55. The smallest absolute Gasteiger partial charge is 0.141 e. The molecule has 0 radical (unpaired) electrons. The lowest BCUT2D eigenvalue weighted by Crippen LogP contribution is -2.38. The lowest BCUT2D eigenvalue weighted by Gasteiger charge is -2.37. The number of ketones is 1. The largest absolute Gasteiger partial charge is 0.299 e. The molecule has 0 aliphatic heterocycles. The number of hydrogen-bond donors (Lipinski definition) is 0. The van der Waals surface area contributed by atoms with Crippen LogP contribution < -0.4 is 0 Å². The molecule has 70 valence electrons. The van der Waals surface area contributed by atoms with Crippen molar-refractivity contribution in [1.29, 1.82) is 0 Å². The normalized spacial score (nSPS) is 35.2. The average molecular weight is 168 g/mol. The maximum Gasteiger partial charge on any atom is 0.141 e. The van der Waals surface area contributed by atoms with Crippen molar-refractivity contribution < 1.29 is 4.79 Å². The standard InChI is InChI=1S/C11H20O/c1-5-9-6-7-11(3,4)10(12)8(9)2/h8-9H,5-7H2,1-4H3. The first-order valence-corrected chi connectivity index (χ1v) is 5.03. The van der Waals surface area contributed by atoms with E-state index in [9.17, 15) is 4.79 Å². The Labute approximate surface area is 75.5 Å². The third-order valence-corrected chi connectivity index (χ3v) is 3.45. The summed E-state index contributed by atoms with van der Waals surface area (Å²) in [5.74, 6) is 1.41. The first kappa shape index (κ1) is 9.76. The van der Waals surface area contributed by atoms with Crippen LogP contribution in [0.5, 0.6) is 0 Å². The molecule has 1 rings (SSSR count). The van der Waals surface area contributed by atoms with Gasteiger partial charge in [-0.25, -0.2) is 0 Å². The second kappa shape index (κ2) is 3.20. The van der Waals surface area contributed by atoms with Crippen molar-refractivity contribution in [3.8, 4) is 0 Å². The highest BCUT2D eigenvalue weighted by molar-refractivity contribution is 5.87. The highest BCUT2D eigenvalue weighted by Crippen LogP contribution is 2.39.